The van der Waals surface area contributed by atoms with Gasteiger partial charge in [0.15, 0.2) is 0 Å². The monoisotopic (exact) mass is 649 g/mol. The molecular formula is C30H33Cl2N3O5S2. The number of thioether (sulfide) groups is 1. The van der Waals surface area contributed by atoms with Gasteiger partial charge in [-0.25, -0.2) is 13.1 Å². The maximum Gasteiger partial charge on any atom is 0.254 e. The molecule has 12 heteroatoms. The number of benzene rings is 3. The van der Waals surface area contributed by atoms with Crippen molar-refractivity contribution in [3.63, 3.8) is 0 Å². The van der Waals surface area contributed by atoms with Crippen LogP contribution in [-0.2, 0) is 32.6 Å². The first-order valence-corrected chi connectivity index (χ1v) is 16.5. The zero-order valence-corrected chi connectivity index (χ0v) is 26.5. The molecule has 0 aliphatic carbocycles. The fraction of sp³-hybridized carbons (Fsp3) is 0.333. The first-order valence-electron chi connectivity index (χ1n) is 13.3. The predicted octanol–water partition coefficient (Wildman–Crippen LogP) is 4.55. The Morgan fingerprint density at radius 3 is 2.38 bits per heavy atom. The Hall–Kier alpha value is -2.60. The van der Waals surface area contributed by atoms with Crippen LogP contribution in [0.25, 0.3) is 0 Å². The third kappa shape index (κ3) is 7.48. The Morgan fingerprint density at radius 1 is 1.05 bits per heavy atom. The summed E-state index contributed by atoms with van der Waals surface area (Å²) in [5, 5.41) is 14.6. The number of amides is 2. The first kappa shape index (κ1) is 32.3. The van der Waals surface area contributed by atoms with Gasteiger partial charge in [-0.2, -0.15) is 0 Å². The van der Waals surface area contributed by atoms with Gasteiger partial charge in [-0.05, 0) is 62.1 Å². The van der Waals surface area contributed by atoms with E-state index in [4.69, 9.17) is 23.2 Å². The van der Waals surface area contributed by atoms with Crippen LogP contribution in [0.4, 0.5) is 0 Å². The molecule has 1 aliphatic heterocycles. The number of halogens is 2. The Kier molecular flexibility index (Phi) is 10.3. The summed E-state index contributed by atoms with van der Waals surface area (Å²) in [6.45, 7) is 5.97. The minimum atomic E-state index is -4.23. The molecule has 2 amide bonds. The largest absolute Gasteiger partial charge is 0.382 e. The molecule has 224 valence electrons. The average molecular weight is 651 g/mol. The van der Waals surface area contributed by atoms with Crippen molar-refractivity contribution in [1.29, 1.82) is 0 Å². The molecule has 0 bridgehead atoms. The van der Waals surface area contributed by atoms with Crippen LogP contribution in [-0.4, -0.2) is 59.1 Å². The van der Waals surface area contributed by atoms with E-state index in [0.717, 1.165) is 11.1 Å². The van der Waals surface area contributed by atoms with Crippen molar-refractivity contribution in [3.05, 3.63) is 99.5 Å². The van der Waals surface area contributed by atoms with Gasteiger partial charge in [0, 0.05) is 11.3 Å². The molecule has 3 aromatic rings. The number of sulfonamides is 1. The van der Waals surface area contributed by atoms with Crippen molar-refractivity contribution >= 4 is 56.8 Å². The standard InChI is InChI=1S/C30H33Cl2N3O5S2/c1-19-9-7-8-12-21(19)17-33-28(37)27-30(2,3)41-18-35(27)29(38)26(36)25(15-20-10-5-4-6-11-20)34-42(39,40)22-13-14-23(31)24(32)16-22/h4-14,16,25-27,34,36H,15,17-18H2,1-3H3,(H,33,37)/t25-,26-,27+/m0/s1. The minimum Gasteiger partial charge on any atom is -0.382 e. The number of rotatable bonds is 10. The molecule has 3 N–H and O–H groups in total. The summed E-state index contributed by atoms with van der Waals surface area (Å²) in [6.07, 6.45) is -1.77. The van der Waals surface area contributed by atoms with Gasteiger partial charge in [-0.15, -0.1) is 11.8 Å². The molecule has 1 saturated heterocycles. The van der Waals surface area contributed by atoms with Crippen LogP contribution in [0.3, 0.4) is 0 Å². The molecule has 8 nitrogen and oxygen atoms in total. The number of carbonyl (C=O) groups is 2. The first-order chi connectivity index (χ1) is 19.8. The molecular weight excluding hydrogens is 617 g/mol. The van der Waals surface area contributed by atoms with E-state index in [1.165, 1.54) is 34.9 Å². The van der Waals surface area contributed by atoms with Gasteiger partial charge in [0.05, 0.1) is 26.9 Å². The van der Waals surface area contributed by atoms with Crippen molar-refractivity contribution < 1.29 is 23.1 Å². The van der Waals surface area contributed by atoms with Crippen LogP contribution in [0.2, 0.25) is 10.0 Å². The van der Waals surface area contributed by atoms with Gasteiger partial charge in [0.2, 0.25) is 15.9 Å². The smallest absolute Gasteiger partial charge is 0.254 e. The number of nitrogens with one attached hydrogen (secondary N) is 2. The van der Waals surface area contributed by atoms with E-state index in [1.54, 1.807) is 24.3 Å². The van der Waals surface area contributed by atoms with E-state index in [9.17, 15) is 23.1 Å². The molecule has 4 rings (SSSR count). The zero-order chi connectivity index (χ0) is 30.7. The van der Waals surface area contributed by atoms with Crippen molar-refractivity contribution in [2.24, 2.45) is 0 Å². The molecule has 42 heavy (non-hydrogen) atoms. The number of hydrogen-bond donors (Lipinski definition) is 3. The maximum absolute atomic E-state index is 13.8. The summed E-state index contributed by atoms with van der Waals surface area (Å²) in [5.74, 6) is -0.949. The van der Waals surface area contributed by atoms with E-state index in [1.807, 2.05) is 51.1 Å². The number of aliphatic hydroxyl groups excluding tert-OH is 1. The molecule has 0 spiro atoms. The van der Waals surface area contributed by atoms with Gasteiger partial charge in [-0.1, -0.05) is 77.8 Å². The molecule has 0 aromatic heterocycles. The summed E-state index contributed by atoms with van der Waals surface area (Å²) in [7, 11) is -4.23. The highest BCUT2D eigenvalue weighted by molar-refractivity contribution is 8.00. The molecule has 0 unspecified atom stereocenters. The van der Waals surface area contributed by atoms with Crippen molar-refractivity contribution in [2.45, 2.75) is 61.6 Å². The molecule has 1 heterocycles. The molecule has 0 saturated carbocycles. The Balaban J connectivity index is 1.59. The van der Waals surface area contributed by atoms with E-state index in [0.29, 0.717) is 5.56 Å². The zero-order valence-electron chi connectivity index (χ0n) is 23.4. The fourth-order valence-electron chi connectivity index (χ4n) is 4.84. The van der Waals surface area contributed by atoms with Crippen molar-refractivity contribution in [1.82, 2.24) is 14.9 Å². The molecule has 1 fully saturated rings. The number of carbonyl (C=O) groups excluding carboxylic acids is 2. The van der Waals surface area contributed by atoms with Crippen molar-refractivity contribution in [3.8, 4) is 0 Å². The van der Waals surface area contributed by atoms with E-state index in [-0.39, 0.29) is 39.7 Å². The Labute approximate surface area is 260 Å². The highest BCUT2D eigenvalue weighted by Gasteiger charge is 2.50. The van der Waals surface area contributed by atoms with Gasteiger partial charge < -0.3 is 15.3 Å². The van der Waals surface area contributed by atoms with E-state index in [2.05, 4.69) is 10.0 Å². The lowest BCUT2D eigenvalue weighted by molar-refractivity contribution is -0.147. The molecule has 3 aromatic carbocycles. The van der Waals surface area contributed by atoms with Crippen LogP contribution in [0, 0.1) is 6.92 Å². The second kappa shape index (κ2) is 13.4. The van der Waals surface area contributed by atoms with E-state index >= 15 is 0 Å². The summed E-state index contributed by atoms with van der Waals surface area (Å²) >= 11 is 13.4. The Bertz CT molecular complexity index is 1550. The van der Waals surface area contributed by atoms with Crippen LogP contribution in [0.1, 0.15) is 30.5 Å². The molecule has 0 radical (unpaired) electrons. The molecule has 1 aliphatic rings. The van der Waals surface area contributed by atoms with Gasteiger partial charge in [0.25, 0.3) is 5.91 Å². The number of aliphatic hydroxyl groups is 1. The quantitative estimate of drug-likeness (QED) is 0.297. The third-order valence-electron chi connectivity index (χ3n) is 7.23. The highest BCUT2D eigenvalue weighted by atomic mass is 35.5. The SMILES string of the molecule is Cc1ccccc1CNC(=O)[C@H]1N(C(=O)[C@@H](O)[C@H](Cc2ccccc2)NS(=O)(=O)c2ccc(Cl)c(Cl)c2)CSC1(C)C. The predicted molar refractivity (Wildman–Crippen MR) is 167 cm³/mol. The summed E-state index contributed by atoms with van der Waals surface area (Å²) in [6, 6.07) is 18.3. The number of aryl methyl sites for hydroxylation is 1. The highest BCUT2D eigenvalue weighted by Crippen LogP contribution is 2.40. The maximum atomic E-state index is 13.8. The van der Waals surface area contributed by atoms with Crippen LogP contribution >= 0.6 is 35.0 Å². The fourth-order valence-corrected chi connectivity index (χ4v) is 7.61. The normalized spacial score (nSPS) is 18.0. The van der Waals surface area contributed by atoms with Gasteiger partial charge >= 0.3 is 0 Å². The summed E-state index contributed by atoms with van der Waals surface area (Å²) in [5.41, 5.74) is 2.68. The lowest BCUT2D eigenvalue weighted by Crippen LogP contribution is -2.58. The van der Waals surface area contributed by atoms with Gasteiger partial charge in [-0.3, -0.25) is 9.59 Å². The summed E-state index contributed by atoms with van der Waals surface area (Å²) < 4.78 is 28.5. The second-order valence-electron chi connectivity index (χ2n) is 10.7. The summed E-state index contributed by atoms with van der Waals surface area (Å²) in [4.78, 5) is 28.5. The Morgan fingerprint density at radius 2 is 1.71 bits per heavy atom. The van der Waals surface area contributed by atoms with Gasteiger partial charge in [0.1, 0.15) is 12.1 Å². The van der Waals surface area contributed by atoms with Crippen LogP contribution in [0.5, 0.6) is 0 Å². The van der Waals surface area contributed by atoms with Crippen LogP contribution in [0.15, 0.2) is 77.7 Å². The number of nitrogens with zero attached hydrogens (tertiary/aromatic N) is 1. The number of hydrogen-bond acceptors (Lipinski definition) is 6. The molecule has 3 atom stereocenters. The van der Waals surface area contributed by atoms with Crippen LogP contribution < -0.4 is 10.0 Å². The lowest BCUT2D eigenvalue weighted by Gasteiger charge is -2.33. The topological polar surface area (TPSA) is 116 Å². The minimum absolute atomic E-state index is 0.0167. The second-order valence-corrected chi connectivity index (χ2v) is 14.8. The van der Waals surface area contributed by atoms with Crippen molar-refractivity contribution in [2.75, 3.05) is 5.88 Å². The third-order valence-corrected chi connectivity index (χ3v) is 10.8. The lowest BCUT2D eigenvalue weighted by atomic mass is 9.97. The average Bonchev–Trinajstić information content (AvgIpc) is 3.27. The van der Waals surface area contributed by atoms with E-state index < -0.39 is 38.9 Å².